The molecule has 0 aromatic heterocycles. The number of rotatable bonds is 4. The average molecular weight is 290 g/mol. The zero-order valence-corrected chi connectivity index (χ0v) is 14.7. The van der Waals surface area contributed by atoms with E-state index in [-0.39, 0.29) is 11.5 Å². The molecule has 1 N–H and O–H groups in total. The Hall–Kier alpha value is -0.560. The van der Waals surface area contributed by atoms with E-state index in [1.165, 1.54) is 24.0 Å². The van der Waals surface area contributed by atoms with E-state index in [0.717, 1.165) is 25.7 Å². The van der Waals surface area contributed by atoms with Gasteiger partial charge in [-0.3, -0.25) is 0 Å². The Bertz CT molecular complexity index is 427. The highest BCUT2D eigenvalue weighted by Gasteiger charge is 2.57. The van der Waals surface area contributed by atoms with E-state index in [2.05, 4.69) is 47.3 Å². The van der Waals surface area contributed by atoms with Crippen LogP contribution in [-0.4, -0.2) is 11.2 Å². The molecule has 1 heteroatoms. The molecule has 120 valence electrons. The molecule has 2 aliphatic rings. The summed E-state index contributed by atoms with van der Waals surface area (Å²) in [6.45, 7) is 15.8. The SMILES string of the molecule is C=C(CCC=C(C)C)C1CC[C@H]2C(C)(C)[C@@H](O)CC[C@]12C. The summed E-state index contributed by atoms with van der Waals surface area (Å²) in [4.78, 5) is 0. The van der Waals surface area contributed by atoms with E-state index in [9.17, 15) is 5.11 Å². The average Bonchev–Trinajstić information content (AvgIpc) is 2.73. The molecule has 0 bridgehead atoms. The molecule has 2 rings (SSSR count). The normalized spacial score (nSPS) is 37.9. The lowest BCUT2D eigenvalue weighted by Gasteiger charge is -2.52. The summed E-state index contributed by atoms with van der Waals surface area (Å²) in [5.41, 5.74) is 3.26. The maximum atomic E-state index is 10.4. The van der Waals surface area contributed by atoms with Crippen molar-refractivity contribution >= 4 is 0 Å². The molecule has 21 heavy (non-hydrogen) atoms. The Morgan fingerprint density at radius 1 is 1.19 bits per heavy atom. The van der Waals surface area contributed by atoms with Crippen LogP contribution in [0.15, 0.2) is 23.8 Å². The minimum absolute atomic E-state index is 0.0575. The molecule has 2 fully saturated rings. The molecule has 2 saturated carbocycles. The second-order valence-electron chi connectivity index (χ2n) is 8.54. The largest absolute Gasteiger partial charge is 0.393 e. The van der Waals surface area contributed by atoms with E-state index in [0.29, 0.717) is 17.3 Å². The van der Waals surface area contributed by atoms with Crippen LogP contribution in [-0.2, 0) is 0 Å². The van der Waals surface area contributed by atoms with Gasteiger partial charge >= 0.3 is 0 Å². The number of fused-ring (bicyclic) bond motifs is 1. The van der Waals surface area contributed by atoms with Crippen LogP contribution in [0, 0.1) is 22.7 Å². The first-order valence-electron chi connectivity index (χ1n) is 8.68. The highest BCUT2D eigenvalue weighted by Crippen LogP contribution is 2.63. The lowest BCUT2D eigenvalue weighted by molar-refractivity contribution is -0.0887. The number of hydrogen-bond acceptors (Lipinski definition) is 1. The Labute approximate surface area is 131 Å². The van der Waals surface area contributed by atoms with Crippen LogP contribution in [0.4, 0.5) is 0 Å². The fraction of sp³-hybridized carbons (Fsp3) is 0.800. The van der Waals surface area contributed by atoms with Crippen molar-refractivity contribution in [1.29, 1.82) is 0 Å². The minimum atomic E-state index is -0.131. The van der Waals surface area contributed by atoms with Crippen LogP contribution in [0.25, 0.3) is 0 Å². The van der Waals surface area contributed by atoms with E-state index < -0.39 is 0 Å². The molecular formula is C20H34O. The summed E-state index contributed by atoms with van der Waals surface area (Å²) in [5, 5.41) is 10.4. The Kier molecular flexibility index (Phi) is 4.73. The smallest absolute Gasteiger partial charge is 0.0594 e. The van der Waals surface area contributed by atoms with Crippen molar-refractivity contribution in [2.75, 3.05) is 0 Å². The van der Waals surface area contributed by atoms with Gasteiger partial charge in [-0.15, -0.1) is 0 Å². The summed E-state index contributed by atoms with van der Waals surface area (Å²) in [7, 11) is 0. The van der Waals surface area contributed by atoms with Crippen LogP contribution >= 0.6 is 0 Å². The summed E-state index contributed by atoms with van der Waals surface area (Å²) < 4.78 is 0. The van der Waals surface area contributed by atoms with Crippen LogP contribution in [0.3, 0.4) is 0 Å². The van der Waals surface area contributed by atoms with Crippen LogP contribution in [0.2, 0.25) is 0 Å². The monoisotopic (exact) mass is 290 g/mol. The number of allylic oxidation sites excluding steroid dienone is 3. The summed E-state index contributed by atoms with van der Waals surface area (Å²) in [6.07, 6.45) is 9.10. The highest BCUT2D eigenvalue weighted by atomic mass is 16.3. The Morgan fingerprint density at radius 2 is 1.86 bits per heavy atom. The number of aliphatic hydroxyl groups is 1. The van der Waals surface area contributed by atoms with Gasteiger partial charge in [0.2, 0.25) is 0 Å². The van der Waals surface area contributed by atoms with Crippen molar-refractivity contribution in [2.45, 2.75) is 79.2 Å². The second-order valence-corrected chi connectivity index (χ2v) is 8.54. The number of hydrogen-bond donors (Lipinski definition) is 1. The highest BCUT2D eigenvalue weighted by molar-refractivity contribution is 5.16. The molecule has 0 aromatic rings. The molecule has 0 aromatic carbocycles. The van der Waals surface area contributed by atoms with Crippen LogP contribution < -0.4 is 0 Å². The van der Waals surface area contributed by atoms with Crippen molar-refractivity contribution in [1.82, 2.24) is 0 Å². The van der Waals surface area contributed by atoms with Crippen LogP contribution in [0.1, 0.15) is 73.1 Å². The third-order valence-electron chi connectivity index (χ3n) is 6.56. The zero-order valence-electron chi connectivity index (χ0n) is 14.7. The first-order valence-corrected chi connectivity index (χ1v) is 8.68. The Morgan fingerprint density at radius 3 is 2.48 bits per heavy atom. The van der Waals surface area contributed by atoms with Gasteiger partial charge in [0, 0.05) is 0 Å². The van der Waals surface area contributed by atoms with Gasteiger partial charge in [-0.1, -0.05) is 44.6 Å². The van der Waals surface area contributed by atoms with Gasteiger partial charge in [-0.05, 0) is 75.0 Å². The molecule has 0 radical (unpaired) electrons. The maximum absolute atomic E-state index is 10.4. The maximum Gasteiger partial charge on any atom is 0.0594 e. The van der Waals surface area contributed by atoms with Crippen molar-refractivity contribution in [3.63, 3.8) is 0 Å². The van der Waals surface area contributed by atoms with E-state index in [1.807, 2.05) is 0 Å². The van der Waals surface area contributed by atoms with Crippen molar-refractivity contribution in [2.24, 2.45) is 22.7 Å². The third kappa shape index (κ3) is 2.99. The molecule has 0 amide bonds. The lowest BCUT2D eigenvalue weighted by Crippen LogP contribution is -2.49. The number of aliphatic hydroxyl groups excluding tert-OH is 1. The molecule has 0 heterocycles. The van der Waals surface area contributed by atoms with Gasteiger partial charge in [0.15, 0.2) is 0 Å². The van der Waals surface area contributed by atoms with Gasteiger partial charge in [0.05, 0.1) is 6.10 Å². The van der Waals surface area contributed by atoms with E-state index >= 15 is 0 Å². The first-order chi connectivity index (χ1) is 9.69. The van der Waals surface area contributed by atoms with Gasteiger partial charge in [0.25, 0.3) is 0 Å². The summed E-state index contributed by atoms with van der Waals surface area (Å²) in [6, 6.07) is 0. The minimum Gasteiger partial charge on any atom is -0.393 e. The van der Waals surface area contributed by atoms with Gasteiger partial charge in [-0.2, -0.15) is 0 Å². The van der Waals surface area contributed by atoms with Crippen molar-refractivity contribution in [3.8, 4) is 0 Å². The van der Waals surface area contributed by atoms with Crippen LogP contribution in [0.5, 0.6) is 0 Å². The van der Waals surface area contributed by atoms with Gasteiger partial charge in [0.1, 0.15) is 0 Å². The zero-order chi connectivity index (χ0) is 15.8. The predicted molar refractivity (Wildman–Crippen MR) is 91.1 cm³/mol. The standard InChI is InChI=1S/C20H34O/c1-14(2)8-7-9-15(3)16-10-11-17-19(4,5)18(21)12-13-20(16,17)6/h8,16-18,21H,3,7,9-13H2,1-2,4-6H3/t16?,17-,18-,20+/m0/s1. The first kappa shape index (κ1) is 16.8. The molecule has 1 nitrogen and oxygen atoms in total. The van der Waals surface area contributed by atoms with Crippen molar-refractivity contribution < 1.29 is 5.11 Å². The molecular weight excluding hydrogens is 256 g/mol. The predicted octanol–water partition coefficient (Wildman–Crippen LogP) is 5.50. The fourth-order valence-electron chi connectivity index (χ4n) is 5.25. The van der Waals surface area contributed by atoms with Gasteiger partial charge < -0.3 is 5.11 Å². The molecule has 2 aliphatic carbocycles. The third-order valence-corrected chi connectivity index (χ3v) is 6.56. The van der Waals surface area contributed by atoms with Crippen molar-refractivity contribution in [3.05, 3.63) is 23.8 Å². The topological polar surface area (TPSA) is 20.2 Å². The van der Waals surface area contributed by atoms with E-state index in [1.54, 1.807) is 0 Å². The second kappa shape index (κ2) is 5.91. The van der Waals surface area contributed by atoms with E-state index in [4.69, 9.17) is 0 Å². The molecule has 4 atom stereocenters. The quantitative estimate of drug-likeness (QED) is 0.678. The molecule has 1 unspecified atom stereocenters. The van der Waals surface area contributed by atoms with Gasteiger partial charge in [-0.25, -0.2) is 0 Å². The Balaban J connectivity index is 2.10. The lowest BCUT2D eigenvalue weighted by atomic mass is 9.54. The fourth-order valence-corrected chi connectivity index (χ4v) is 5.25. The summed E-state index contributed by atoms with van der Waals surface area (Å²) in [5.74, 6) is 1.29. The molecule has 0 aliphatic heterocycles. The molecule has 0 saturated heterocycles. The molecule has 0 spiro atoms. The summed E-state index contributed by atoms with van der Waals surface area (Å²) >= 11 is 0.